The Kier molecular flexibility index (Phi) is 4.02. The number of anilines is 1. The molecule has 0 fully saturated rings. The molecule has 17 heavy (non-hydrogen) atoms. The highest BCUT2D eigenvalue weighted by atomic mass is 32.2. The summed E-state index contributed by atoms with van der Waals surface area (Å²) in [5.41, 5.74) is 4.70. The molecule has 0 spiro atoms. The first-order valence-corrected chi connectivity index (χ1v) is 6.14. The van der Waals surface area contributed by atoms with E-state index >= 15 is 0 Å². The molecule has 4 N–H and O–H groups in total. The minimum absolute atomic E-state index is 0.396. The fraction of sp³-hybridized carbons (Fsp3) is 0.333. The second kappa shape index (κ2) is 4.94. The van der Waals surface area contributed by atoms with E-state index in [0.717, 1.165) is 0 Å². The summed E-state index contributed by atoms with van der Waals surface area (Å²) in [6.45, 7) is 0.944. The largest absolute Gasteiger partial charge is 0.396 e. The number of benzene rings is 1. The van der Waals surface area contributed by atoms with Crippen LogP contribution < -0.4 is 10.5 Å². The molecule has 1 atom stereocenters. The number of rotatable bonds is 4. The molecule has 0 bridgehead atoms. The molecule has 0 radical (unpaired) electrons. The van der Waals surface area contributed by atoms with Crippen molar-refractivity contribution in [2.45, 2.75) is 17.9 Å². The first kappa shape index (κ1) is 13.8. The number of halogens is 2. The molecule has 96 valence electrons. The number of nitrogens with two attached hydrogens (primary N) is 1. The van der Waals surface area contributed by atoms with Crippen LogP contribution in [0.4, 0.5) is 14.5 Å². The Labute approximate surface area is 97.3 Å². The SMILES string of the molecule is CC(CO)NS(=O)(=O)c1cc(N)c(F)cc1F. The predicted molar refractivity (Wildman–Crippen MR) is 57.6 cm³/mol. The Morgan fingerprint density at radius 1 is 1.41 bits per heavy atom. The van der Waals surface area contributed by atoms with Crippen molar-refractivity contribution >= 4 is 15.7 Å². The summed E-state index contributed by atoms with van der Waals surface area (Å²) in [6.07, 6.45) is 0. The van der Waals surface area contributed by atoms with Gasteiger partial charge < -0.3 is 10.8 Å². The first-order valence-electron chi connectivity index (χ1n) is 4.65. The number of sulfonamides is 1. The Balaban J connectivity index is 3.20. The van der Waals surface area contributed by atoms with Crippen LogP contribution in [-0.2, 0) is 10.0 Å². The summed E-state index contributed by atoms with van der Waals surface area (Å²) in [4.78, 5) is -0.753. The predicted octanol–water partition coefficient (Wildman–Crippen LogP) is 0.206. The van der Waals surface area contributed by atoms with Gasteiger partial charge in [0.2, 0.25) is 10.0 Å². The highest BCUT2D eigenvalue weighted by molar-refractivity contribution is 7.89. The van der Waals surface area contributed by atoms with Gasteiger partial charge in [0.25, 0.3) is 0 Å². The first-order chi connectivity index (χ1) is 7.77. The molecule has 0 amide bonds. The lowest BCUT2D eigenvalue weighted by atomic mass is 10.3. The zero-order chi connectivity index (χ0) is 13.2. The fourth-order valence-corrected chi connectivity index (χ4v) is 2.45. The molecule has 0 aliphatic carbocycles. The highest BCUT2D eigenvalue weighted by Gasteiger charge is 2.22. The van der Waals surface area contributed by atoms with Gasteiger partial charge in [0.15, 0.2) is 0 Å². The molecule has 8 heteroatoms. The molecule has 1 aromatic rings. The summed E-state index contributed by atoms with van der Waals surface area (Å²) < 4.78 is 51.5. The molecule has 0 heterocycles. The van der Waals surface area contributed by atoms with Crippen molar-refractivity contribution in [1.29, 1.82) is 0 Å². The Morgan fingerprint density at radius 3 is 2.53 bits per heavy atom. The van der Waals surface area contributed by atoms with E-state index in [0.29, 0.717) is 12.1 Å². The molecule has 0 aliphatic rings. The molecular formula is C9H12F2N2O3S. The van der Waals surface area contributed by atoms with Crippen molar-refractivity contribution in [3.63, 3.8) is 0 Å². The third-order valence-electron chi connectivity index (χ3n) is 1.97. The van der Waals surface area contributed by atoms with Crippen molar-refractivity contribution in [1.82, 2.24) is 4.72 Å². The van der Waals surface area contributed by atoms with Gasteiger partial charge in [0.1, 0.15) is 16.5 Å². The quantitative estimate of drug-likeness (QED) is 0.679. The number of nitrogens with one attached hydrogen (secondary N) is 1. The van der Waals surface area contributed by atoms with Crippen molar-refractivity contribution in [2.75, 3.05) is 12.3 Å². The van der Waals surface area contributed by atoms with Crippen LogP contribution in [0.5, 0.6) is 0 Å². The van der Waals surface area contributed by atoms with E-state index in [1.165, 1.54) is 6.92 Å². The standard InChI is InChI=1S/C9H12F2N2O3S/c1-5(4-14)13-17(15,16)9-3-8(12)6(10)2-7(9)11/h2-3,5,13-14H,4,12H2,1H3. The normalized spacial score (nSPS) is 13.6. The average Bonchev–Trinajstić information content (AvgIpc) is 2.22. The van der Waals surface area contributed by atoms with Crippen LogP contribution in [0.3, 0.4) is 0 Å². The van der Waals surface area contributed by atoms with Crippen molar-refractivity contribution in [3.05, 3.63) is 23.8 Å². The lowest BCUT2D eigenvalue weighted by Crippen LogP contribution is -2.35. The van der Waals surface area contributed by atoms with Crippen molar-refractivity contribution in [3.8, 4) is 0 Å². The van der Waals surface area contributed by atoms with Gasteiger partial charge in [0, 0.05) is 12.1 Å². The van der Waals surface area contributed by atoms with E-state index in [1.807, 2.05) is 4.72 Å². The summed E-state index contributed by atoms with van der Waals surface area (Å²) in [5, 5.41) is 8.71. The average molecular weight is 266 g/mol. The van der Waals surface area contributed by atoms with Gasteiger partial charge in [-0.2, -0.15) is 0 Å². The van der Waals surface area contributed by atoms with Crippen LogP contribution in [0.1, 0.15) is 6.92 Å². The maximum atomic E-state index is 13.3. The van der Waals surface area contributed by atoms with E-state index in [4.69, 9.17) is 10.8 Å². The second-order valence-electron chi connectivity index (χ2n) is 3.51. The van der Waals surface area contributed by atoms with Gasteiger partial charge in [-0.15, -0.1) is 0 Å². The third-order valence-corrected chi connectivity index (χ3v) is 3.58. The number of aliphatic hydroxyl groups is 1. The van der Waals surface area contributed by atoms with Gasteiger partial charge in [0.05, 0.1) is 12.3 Å². The topological polar surface area (TPSA) is 92.4 Å². The fourth-order valence-electron chi connectivity index (χ4n) is 1.12. The van der Waals surface area contributed by atoms with Gasteiger partial charge in [-0.25, -0.2) is 21.9 Å². The highest BCUT2D eigenvalue weighted by Crippen LogP contribution is 2.20. The van der Waals surface area contributed by atoms with Crippen LogP contribution >= 0.6 is 0 Å². The van der Waals surface area contributed by atoms with Crippen LogP contribution in [0, 0.1) is 11.6 Å². The van der Waals surface area contributed by atoms with E-state index in [9.17, 15) is 17.2 Å². The smallest absolute Gasteiger partial charge is 0.243 e. The summed E-state index contributed by atoms with van der Waals surface area (Å²) >= 11 is 0. The Morgan fingerprint density at radius 2 is 2.00 bits per heavy atom. The number of nitrogen functional groups attached to an aromatic ring is 1. The van der Waals surface area contributed by atoms with E-state index in [2.05, 4.69) is 0 Å². The van der Waals surface area contributed by atoms with Crippen LogP contribution in [0.25, 0.3) is 0 Å². The van der Waals surface area contributed by atoms with E-state index in [1.54, 1.807) is 0 Å². The lowest BCUT2D eigenvalue weighted by Gasteiger charge is -2.12. The molecule has 0 saturated heterocycles. The second-order valence-corrected chi connectivity index (χ2v) is 5.19. The van der Waals surface area contributed by atoms with Gasteiger partial charge in [-0.1, -0.05) is 0 Å². The van der Waals surface area contributed by atoms with Crippen LogP contribution in [-0.4, -0.2) is 26.2 Å². The number of hydrogen-bond donors (Lipinski definition) is 3. The molecule has 0 aliphatic heterocycles. The van der Waals surface area contributed by atoms with E-state index in [-0.39, 0.29) is 0 Å². The molecule has 5 nitrogen and oxygen atoms in total. The number of hydrogen-bond acceptors (Lipinski definition) is 4. The van der Waals surface area contributed by atoms with Gasteiger partial charge in [-0.3, -0.25) is 0 Å². The minimum Gasteiger partial charge on any atom is -0.396 e. The van der Waals surface area contributed by atoms with Crippen LogP contribution in [0.2, 0.25) is 0 Å². The molecule has 1 unspecified atom stereocenters. The zero-order valence-corrected chi connectivity index (χ0v) is 9.76. The molecule has 0 aromatic heterocycles. The Bertz CT molecular complexity index is 519. The Hall–Kier alpha value is -1.25. The summed E-state index contributed by atoms with van der Waals surface area (Å²) in [6, 6.07) is 0.301. The monoisotopic (exact) mass is 266 g/mol. The molecule has 1 aromatic carbocycles. The molecule has 1 rings (SSSR count). The summed E-state index contributed by atoms with van der Waals surface area (Å²) in [7, 11) is -4.17. The van der Waals surface area contributed by atoms with Gasteiger partial charge >= 0.3 is 0 Å². The number of aliphatic hydroxyl groups excluding tert-OH is 1. The third kappa shape index (κ3) is 3.11. The molecule has 0 saturated carbocycles. The van der Waals surface area contributed by atoms with Crippen molar-refractivity contribution in [2.24, 2.45) is 0 Å². The maximum Gasteiger partial charge on any atom is 0.243 e. The van der Waals surface area contributed by atoms with Gasteiger partial charge in [-0.05, 0) is 13.0 Å². The molecular weight excluding hydrogens is 254 g/mol. The van der Waals surface area contributed by atoms with Crippen LogP contribution in [0.15, 0.2) is 17.0 Å². The zero-order valence-electron chi connectivity index (χ0n) is 8.94. The summed E-state index contributed by atoms with van der Waals surface area (Å²) in [5.74, 6) is -2.27. The lowest BCUT2D eigenvalue weighted by molar-refractivity contribution is 0.265. The minimum atomic E-state index is -4.17. The van der Waals surface area contributed by atoms with Crippen molar-refractivity contribution < 1.29 is 22.3 Å². The van der Waals surface area contributed by atoms with E-state index < -0.39 is 44.9 Å². The maximum absolute atomic E-state index is 13.3.